The lowest BCUT2D eigenvalue weighted by Crippen LogP contribution is -2.02. The molecule has 23 heavy (non-hydrogen) atoms. The summed E-state index contributed by atoms with van der Waals surface area (Å²) in [4.78, 5) is 0. The molecule has 0 aromatic heterocycles. The van der Waals surface area contributed by atoms with Crippen molar-refractivity contribution in [3.8, 4) is 5.75 Å². The van der Waals surface area contributed by atoms with Crippen LogP contribution in [0.2, 0.25) is 0 Å². The van der Waals surface area contributed by atoms with Crippen molar-refractivity contribution in [2.75, 3.05) is 18.5 Å². The van der Waals surface area contributed by atoms with Crippen molar-refractivity contribution in [3.63, 3.8) is 0 Å². The van der Waals surface area contributed by atoms with Crippen molar-refractivity contribution in [2.24, 2.45) is 0 Å². The van der Waals surface area contributed by atoms with Crippen molar-refractivity contribution < 1.29 is 4.74 Å². The molecule has 132 valence electrons. The molecular formula is C21H37NO. The van der Waals surface area contributed by atoms with Gasteiger partial charge in [0.2, 0.25) is 0 Å². The van der Waals surface area contributed by atoms with Gasteiger partial charge in [-0.15, -0.1) is 0 Å². The summed E-state index contributed by atoms with van der Waals surface area (Å²) in [5.74, 6) is 0.991. The summed E-state index contributed by atoms with van der Waals surface area (Å²) in [7, 11) is 0. The third-order valence-corrected chi connectivity index (χ3v) is 4.23. The van der Waals surface area contributed by atoms with Gasteiger partial charge in [-0.25, -0.2) is 0 Å². The summed E-state index contributed by atoms with van der Waals surface area (Å²) in [5.41, 5.74) is 1.20. The van der Waals surface area contributed by atoms with E-state index in [0.717, 1.165) is 25.3 Å². The molecule has 0 radical (unpaired) electrons. The van der Waals surface area contributed by atoms with Gasteiger partial charge in [0.25, 0.3) is 0 Å². The van der Waals surface area contributed by atoms with Crippen LogP contribution < -0.4 is 10.1 Å². The minimum atomic E-state index is 0.842. The number of anilines is 1. The smallest absolute Gasteiger partial charge is 0.119 e. The molecule has 2 heteroatoms. The van der Waals surface area contributed by atoms with Crippen LogP contribution in [0.15, 0.2) is 24.3 Å². The number of rotatable bonds is 15. The summed E-state index contributed by atoms with van der Waals surface area (Å²) in [6.45, 7) is 6.43. The zero-order chi connectivity index (χ0) is 16.6. The molecule has 0 saturated carbocycles. The summed E-state index contributed by atoms with van der Waals surface area (Å²) in [5, 5.41) is 3.50. The standard InChI is InChI=1S/C21H37NO/c1-3-5-7-9-10-12-18-22-20-14-16-21(17-15-20)23-19-13-11-8-6-4-2/h14-17,22H,3-13,18-19H2,1-2H3. The fraction of sp³-hybridized carbons (Fsp3) is 0.714. The monoisotopic (exact) mass is 319 g/mol. The highest BCUT2D eigenvalue weighted by molar-refractivity contribution is 5.46. The van der Waals surface area contributed by atoms with Gasteiger partial charge < -0.3 is 10.1 Å². The van der Waals surface area contributed by atoms with E-state index in [1.165, 1.54) is 69.9 Å². The van der Waals surface area contributed by atoms with Gasteiger partial charge >= 0.3 is 0 Å². The highest BCUT2D eigenvalue weighted by Gasteiger charge is 1.96. The first-order valence-corrected chi connectivity index (χ1v) is 9.83. The van der Waals surface area contributed by atoms with Gasteiger partial charge in [-0.1, -0.05) is 71.6 Å². The van der Waals surface area contributed by atoms with Crippen LogP contribution in [0.25, 0.3) is 0 Å². The lowest BCUT2D eigenvalue weighted by Gasteiger charge is -2.09. The molecule has 0 saturated heterocycles. The minimum Gasteiger partial charge on any atom is -0.494 e. The lowest BCUT2D eigenvalue weighted by molar-refractivity contribution is 0.304. The summed E-state index contributed by atoms with van der Waals surface area (Å²) in [6, 6.07) is 8.41. The Labute approximate surface area is 144 Å². The maximum Gasteiger partial charge on any atom is 0.119 e. The van der Waals surface area contributed by atoms with Crippen molar-refractivity contribution in [2.45, 2.75) is 84.5 Å². The average Bonchev–Trinajstić information content (AvgIpc) is 2.58. The molecule has 1 N–H and O–H groups in total. The van der Waals surface area contributed by atoms with Gasteiger partial charge in [0.05, 0.1) is 6.61 Å². The molecule has 0 aliphatic heterocycles. The summed E-state index contributed by atoms with van der Waals surface area (Å²) < 4.78 is 5.79. The Kier molecular flexibility index (Phi) is 12.5. The molecule has 0 bridgehead atoms. The maximum atomic E-state index is 5.79. The first kappa shape index (κ1) is 19.9. The van der Waals surface area contributed by atoms with Crippen LogP contribution in [0.3, 0.4) is 0 Å². The number of ether oxygens (including phenoxy) is 1. The number of benzene rings is 1. The van der Waals surface area contributed by atoms with Crippen molar-refractivity contribution in [1.29, 1.82) is 0 Å². The normalized spacial score (nSPS) is 10.7. The SMILES string of the molecule is CCCCCCCCNc1ccc(OCCCCCCC)cc1. The van der Waals surface area contributed by atoms with E-state index in [0.29, 0.717) is 0 Å². The fourth-order valence-corrected chi connectivity index (χ4v) is 2.70. The molecule has 0 unspecified atom stereocenters. The quantitative estimate of drug-likeness (QED) is 0.359. The van der Waals surface area contributed by atoms with E-state index in [1.807, 2.05) is 0 Å². The van der Waals surface area contributed by atoms with Crippen LogP contribution in [0.4, 0.5) is 5.69 Å². The number of hydrogen-bond acceptors (Lipinski definition) is 2. The Bertz CT molecular complexity index is 361. The van der Waals surface area contributed by atoms with Gasteiger partial charge in [0, 0.05) is 12.2 Å². The molecular weight excluding hydrogens is 282 g/mol. The van der Waals surface area contributed by atoms with Crippen LogP contribution >= 0.6 is 0 Å². The first-order chi connectivity index (χ1) is 11.4. The van der Waals surface area contributed by atoms with Crippen molar-refractivity contribution in [1.82, 2.24) is 0 Å². The van der Waals surface area contributed by atoms with Gasteiger partial charge in [-0.2, -0.15) is 0 Å². The van der Waals surface area contributed by atoms with Crippen LogP contribution in [-0.2, 0) is 0 Å². The highest BCUT2D eigenvalue weighted by atomic mass is 16.5. The van der Waals surface area contributed by atoms with Gasteiger partial charge in [0.1, 0.15) is 5.75 Å². The third-order valence-electron chi connectivity index (χ3n) is 4.23. The van der Waals surface area contributed by atoms with Crippen LogP contribution in [-0.4, -0.2) is 13.2 Å². The maximum absolute atomic E-state index is 5.79. The number of hydrogen-bond donors (Lipinski definition) is 1. The van der Waals surface area contributed by atoms with E-state index in [2.05, 4.69) is 43.4 Å². The molecule has 1 aromatic carbocycles. The topological polar surface area (TPSA) is 21.3 Å². The molecule has 1 aromatic rings. The van der Waals surface area contributed by atoms with Crippen LogP contribution in [0.1, 0.15) is 84.5 Å². The number of nitrogens with one attached hydrogen (secondary N) is 1. The number of unbranched alkanes of at least 4 members (excludes halogenated alkanes) is 9. The zero-order valence-electron chi connectivity index (χ0n) is 15.4. The predicted molar refractivity (Wildman–Crippen MR) is 103 cm³/mol. The molecule has 0 amide bonds. The fourth-order valence-electron chi connectivity index (χ4n) is 2.70. The molecule has 2 nitrogen and oxygen atoms in total. The van der Waals surface area contributed by atoms with Crippen LogP contribution in [0, 0.1) is 0 Å². The second-order valence-corrected chi connectivity index (χ2v) is 6.48. The zero-order valence-corrected chi connectivity index (χ0v) is 15.4. The molecule has 0 aliphatic rings. The Morgan fingerprint density at radius 3 is 1.91 bits per heavy atom. The Morgan fingerprint density at radius 1 is 0.696 bits per heavy atom. The Morgan fingerprint density at radius 2 is 1.26 bits per heavy atom. The van der Waals surface area contributed by atoms with E-state index in [1.54, 1.807) is 0 Å². The van der Waals surface area contributed by atoms with E-state index in [4.69, 9.17) is 4.74 Å². The molecule has 0 spiro atoms. The largest absolute Gasteiger partial charge is 0.494 e. The molecule has 0 aliphatic carbocycles. The molecule has 0 atom stereocenters. The predicted octanol–water partition coefficient (Wildman–Crippen LogP) is 6.81. The molecule has 0 fully saturated rings. The van der Waals surface area contributed by atoms with Crippen molar-refractivity contribution in [3.05, 3.63) is 24.3 Å². The van der Waals surface area contributed by atoms with Crippen molar-refractivity contribution >= 4 is 5.69 Å². The first-order valence-electron chi connectivity index (χ1n) is 9.83. The van der Waals surface area contributed by atoms with Gasteiger partial charge in [-0.3, -0.25) is 0 Å². The molecule has 1 rings (SSSR count). The van der Waals surface area contributed by atoms with Gasteiger partial charge in [-0.05, 0) is 37.1 Å². The Hall–Kier alpha value is -1.18. The molecule has 0 heterocycles. The van der Waals surface area contributed by atoms with Crippen LogP contribution in [0.5, 0.6) is 5.75 Å². The average molecular weight is 320 g/mol. The van der Waals surface area contributed by atoms with E-state index >= 15 is 0 Å². The van der Waals surface area contributed by atoms with E-state index in [-0.39, 0.29) is 0 Å². The minimum absolute atomic E-state index is 0.842. The van der Waals surface area contributed by atoms with E-state index < -0.39 is 0 Å². The van der Waals surface area contributed by atoms with Gasteiger partial charge in [0.15, 0.2) is 0 Å². The highest BCUT2D eigenvalue weighted by Crippen LogP contribution is 2.16. The second kappa shape index (κ2) is 14.4. The third kappa shape index (κ3) is 11.1. The van der Waals surface area contributed by atoms with E-state index in [9.17, 15) is 0 Å². The summed E-state index contributed by atoms with van der Waals surface area (Å²) in [6.07, 6.45) is 14.5. The Balaban J connectivity index is 2.04. The summed E-state index contributed by atoms with van der Waals surface area (Å²) >= 11 is 0. The lowest BCUT2D eigenvalue weighted by atomic mass is 10.1. The second-order valence-electron chi connectivity index (χ2n) is 6.48.